The average molecular weight is 263 g/mol. The molecule has 1 aliphatic carbocycles. The minimum atomic E-state index is -0.754. The fraction of sp³-hybridized carbons (Fsp3) is 0.357. The predicted octanol–water partition coefficient (Wildman–Crippen LogP) is 2.36. The van der Waals surface area contributed by atoms with E-state index >= 15 is 0 Å². The molecule has 1 aromatic rings. The third-order valence-corrected chi connectivity index (χ3v) is 3.03. The first-order chi connectivity index (χ1) is 9.20. The van der Waals surface area contributed by atoms with E-state index < -0.39 is 12.1 Å². The Morgan fingerprint density at radius 1 is 1.37 bits per heavy atom. The maximum absolute atomic E-state index is 11.7. The molecule has 0 radical (unpaired) electrons. The minimum Gasteiger partial charge on any atom is -0.443 e. The quantitative estimate of drug-likeness (QED) is 0.514. The first-order valence-electron chi connectivity index (χ1n) is 6.10. The van der Waals surface area contributed by atoms with Gasteiger partial charge in [0, 0.05) is 13.5 Å². The van der Waals surface area contributed by atoms with Gasteiger partial charge in [-0.3, -0.25) is 5.21 Å². The maximum atomic E-state index is 11.7. The van der Waals surface area contributed by atoms with E-state index in [9.17, 15) is 10.0 Å². The van der Waals surface area contributed by atoms with Gasteiger partial charge < -0.3 is 9.47 Å². The Morgan fingerprint density at radius 2 is 2.11 bits per heavy atom. The standard InChI is InChI=1S/C14H17NO4/c1-18-13-8-7-12(9-13)15(17)14(16)19-10-11-5-3-2-4-6-11/h2-8,12-13,17H,9-10H2,1H3/t12-,13-/m1/s1. The van der Waals surface area contributed by atoms with Gasteiger partial charge in [0.2, 0.25) is 0 Å². The molecular formula is C14H17NO4. The zero-order valence-corrected chi connectivity index (χ0v) is 10.7. The monoisotopic (exact) mass is 263 g/mol. The highest BCUT2D eigenvalue weighted by atomic mass is 16.6. The van der Waals surface area contributed by atoms with Gasteiger partial charge in [0.05, 0.1) is 12.1 Å². The van der Waals surface area contributed by atoms with E-state index in [4.69, 9.17) is 9.47 Å². The van der Waals surface area contributed by atoms with Crippen molar-refractivity contribution in [2.75, 3.05) is 7.11 Å². The van der Waals surface area contributed by atoms with Gasteiger partial charge in [0.25, 0.3) is 0 Å². The zero-order valence-electron chi connectivity index (χ0n) is 10.7. The topological polar surface area (TPSA) is 59.0 Å². The van der Waals surface area contributed by atoms with Gasteiger partial charge in [-0.05, 0) is 5.56 Å². The van der Waals surface area contributed by atoms with Crippen LogP contribution in [0.2, 0.25) is 0 Å². The maximum Gasteiger partial charge on any atom is 0.434 e. The smallest absolute Gasteiger partial charge is 0.434 e. The van der Waals surface area contributed by atoms with Crippen molar-refractivity contribution >= 4 is 6.09 Å². The van der Waals surface area contributed by atoms with Crippen molar-refractivity contribution in [3.05, 3.63) is 48.0 Å². The van der Waals surface area contributed by atoms with Crippen LogP contribution in [0.4, 0.5) is 4.79 Å². The molecule has 102 valence electrons. The Hall–Kier alpha value is -1.85. The Morgan fingerprint density at radius 3 is 2.74 bits per heavy atom. The van der Waals surface area contributed by atoms with E-state index in [0.29, 0.717) is 11.5 Å². The summed E-state index contributed by atoms with van der Waals surface area (Å²) in [5, 5.41) is 10.4. The molecule has 5 nitrogen and oxygen atoms in total. The minimum absolute atomic E-state index is 0.0680. The molecule has 5 heteroatoms. The van der Waals surface area contributed by atoms with Crippen molar-refractivity contribution in [3.8, 4) is 0 Å². The van der Waals surface area contributed by atoms with Gasteiger partial charge in [-0.2, -0.15) is 5.06 Å². The number of carbonyl (C=O) groups excluding carboxylic acids is 1. The molecule has 0 saturated carbocycles. The van der Waals surface area contributed by atoms with Crippen LogP contribution in [0.15, 0.2) is 42.5 Å². The van der Waals surface area contributed by atoms with Crippen LogP contribution in [-0.2, 0) is 16.1 Å². The first-order valence-corrected chi connectivity index (χ1v) is 6.10. The summed E-state index contributed by atoms with van der Waals surface area (Å²) in [6, 6.07) is 8.92. The third-order valence-electron chi connectivity index (χ3n) is 3.03. The van der Waals surface area contributed by atoms with Crippen LogP contribution in [0.1, 0.15) is 12.0 Å². The largest absolute Gasteiger partial charge is 0.443 e. The molecule has 19 heavy (non-hydrogen) atoms. The van der Waals surface area contributed by atoms with Gasteiger partial charge >= 0.3 is 6.09 Å². The number of benzene rings is 1. The zero-order chi connectivity index (χ0) is 13.7. The molecule has 2 atom stereocenters. The summed E-state index contributed by atoms with van der Waals surface area (Å²) in [6.45, 7) is 0.140. The lowest BCUT2D eigenvalue weighted by Crippen LogP contribution is -2.36. The third kappa shape index (κ3) is 3.56. The van der Waals surface area contributed by atoms with Crippen LogP contribution in [0.25, 0.3) is 0 Å². The molecule has 0 fully saturated rings. The van der Waals surface area contributed by atoms with Gasteiger partial charge in [0.15, 0.2) is 0 Å². The number of amides is 1. The van der Waals surface area contributed by atoms with E-state index in [1.165, 1.54) is 0 Å². The fourth-order valence-electron chi connectivity index (χ4n) is 1.92. The number of hydrogen-bond donors (Lipinski definition) is 1. The Balaban J connectivity index is 1.82. The second kappa shape index (κ2) is 6.36. The normalized spacial score (nSPS) is 21.4. The lowest BCUT2D eigenvalue weighted by Gasteiger charge is -2.21. The van der Waals surface area contributed by atoms with Crippen LogP contribution in [0, 0.1) is 0 Å². The van der Waals surface area contributed by atoms with E-state index in [2.05, 4.69) is 0 Å². The van der Waals surface area contributed by atoms with E-state index in [1.54, 1.807) is 13.2 Å². The Labute approximate surface area is 112 Å². The van der Waals surface area contributed by atoms with Crippen LogP contribution in [0.3, 0.4) is 0 Å². The van der Waals surface area contributed by atoms with Crippen molar-refractivity contribution in [2.45, 2.75) is 25.2 Å². The SMILES string of the molecule is CO[C@@H]1C=C[C@@H](N(O)C(=O)OCc2ccccc2)C1. The lowest BCUT2D eigenvalue weighted by molar-refractivity contribution is -0.0983. The van der Waals surface area contributed by atoms with Crippen LogP contribution < -0.4 is 0 Å². The molecule has 1 N–H and O–H groups in total. The van der Waals surface area contributed by atoms with Crippen LogP contribution in [-0.4, -0.2) is 35.6 Å². The highest BCUT2D eigenvalue weighted by Gasteiger charge is 2.27. The van der Waals surface area contributed by atoms with Gasteiger partial charge in [-0.1, -0.05) is 42.5 Å². The summed E-state index contributed by atoms with van der Waals surface area (Å²) in [6.07, 6.45) is 3.26. The number of ether oxygens (including phenoxy) is 2. The Bertz CT molecular complexity index is 446. The summed E-state index contributed by atoms with van der Waals surface area (Å²) >= 11 is 0. The molecule has 1 aliphatic rings. The van der Waals surface area contributed by atoms with Crippen molar-refractivity contribution in [2.24, 2.45) is 0 Å². The average Bonchev–Trinajstić information content (AvgIpc) is 2.94. The number of nitrogens with zero attached hydrogens (tertiary/aromatic N) is 1. The van der Waals surface area contributed by atoms with E-state index in [-0.39, 0.29) is 12.7 Å². The van der Waals surface area contributed by atoms with E-state index in [1.807, 2.05) is 36.4 Å². The second-order valence-corrected chi connectivity index (χ2v) is 4.35. The van der Waals surface area contributed by atoms with Crippen molar-refractivity contribution in [3.63, 3.8) is 0 Å². The van der Waals surface area contributed by atoms with Crippen molar-refractivity contribution in [1.82, 2.24) is 5.06 Å². The summed E-state index contributed by atoms with van der Waals surface area (Å²) in [5.41, 5.74) is 0.876. The first kappa shape index (κ1) is 13.6. The predicted molar refractivity (Wildman–Crippen MR) is 68.6 cm³/mol. The molecule has 0 spiro atoms. The van der Waals surface area contributed by atoms with Gasteiger partial charge in [0.1, 0.15) is 6.61 Å². The van der Waals surface area contributed by atoms with E-state index in [0.717, 1.165) is 5.56 Å². The molecule has 0 aromatic heterocycles. The number of hydrogen-bond acceptors (Lipinski definition) is 4. The molecule has 0 heterocycles. The van der Waals surface area contributed by atoms with Gasteiger partial charge in [-0.25, -0.2) is 4.79 Å². The Kier molecular flexibility index (Phi) is 4.54. The molecule has 1 amide bonds. The molecule has 1 aromatic carbocycles. The van der Waals surface area contributed by atoms with Crippen LogP contribution in [0.5, 0.6) is 0 Å². The van der Waals surface area contributed by atoms with Crippen molar-refractivity contribution < 1.29 is 19.5 Å². The number of carbonyl (C=O) groups is 1. The number of methoxy groups -OCH3 is 1. The summed E-state index contributed by atoms with van der Waals surface area (Å²) in [4.78, 5) is 11.7. The highest BCUT2D eigenvalue weighted by Crippen LogP contribution is 2.18. The molecular weight excluding hydrogens is 246 g/mol. The summed E-state index contributed by atoms with van der Waals surface area (Å²) in [7, 11) is 1.59. The van der Waals surface area contributed by atoms with Crippen LogP contribution >= 0.6 is 0 Å². The molecule has 0 aliphatic heterocycles. The number of rotatable bonds is 4. The molecule has 0 saturated heterocycles. The number of hydroxylamine groups is 2. The fourth-order valence-corrected chi connectivity index (χ4v) is 1.92. The lowest BCUT2D eigenvalue weighted by atomic mass is 10.2. The second-order valence-electron chi connectivity index (χ2n) is 4.35. The summed E-state index contributed by atoms with van der Waals surface area (Å²) < 4.78 is 10.2. The molecule has 0 bridgehead atoms. The molecule has 0 unspecified atom stereocenters. The summed E-state index contributed by atoms with van der Waals surface area (Å²) in [5.74, 6) is 0. The highest BCUT2D eigenvalue weighted by molar-refractivity contribution is 5.67. The molecule has 2 rings (SSSR count). The van der Waals surface area contributed by atoms with Crippen molar-refractivity contribution in [1.29, 1.82) is 0 Å². The van der Waals surface area contributed by atoms with Gasteiger partial charge in [-0.15, -0.1) is 0 Å².